The van der Waals surface area contributed by atoms with Crippen LogP contribution in [0.2, 0.25) is 0 Å². The van der Waals surface area contributed by atoms with Gasteiger partial charge in [0.25, 0.3) is 0 Å². The Labute approximate surface area is 181 Å². The van der Waals surface area contributed by atoms with Gasteiger partial charge in [-0.1, -0.05) is 35.5 Å². The summed E-state index contributed by atoms with van der Waals surface area (Å²) >= 11 is 1.22. The third-order valence-electron chi connectivity index (χ3n) is 4.39. The Bertz CT molecular complexity index is 1220. The van der Waals surface area contributed by atoms with Crippen molar-refractivity contribution in [2.45, 2.75) is 12.1 Å². The van der Waals surface area contributed by atoms with E-state index in [1.165, 1.54) is 23.9 Å². The zero-order valence-electron chi connectivity index (χ0n) is 16.5. The molecule has 8 nitrogen and oxygen atoms in total. The average molecular weight is 434 g/mol. The van der Waals surface area contributed by atoms with Gasteiger partial charge in [-0.2, -0.15) is 0 Å². The molecule has 4 aromatic rings. The molecular formula is C22H18N4O4S. The maximum absolute atomic E-state index is 12.4. The molecule has 4 rings (SSSR count). The fourth-order valence-corrected chi connectivity index (χ4v) is 3.66. The quantitative estimate of drug-likeness (QED) is 0.418. The summed E-state index contributed by atoms with van der Waals surface area (Å²) in [6, 6.07) is 17.5. The van der Waals surface area contributed by atoms with E-state index < -0.39 is 5.97 Å². The lowest BCUT2D eigenvalue weighted by molar-refractivity contribution is -0.113. The Hall–Kier alpha value is -3.85. The summed E-state index contributed by atoms with van der Waals surface area (Å²) in [5.74, 6) is -0.173. The van der Waals surface area contributed by atoms with Crippen LogP contribution in [0.4, 0.5) is 5.69 Å². The molecule has 0 spiro atoms. The van der Waals surface area contributed by atoms with E-state index in [9.17, 15) is 9.59 Å². The van der Waals surface area contributed by atoms with E-state index in [-0.39, 0.29) is 17.2 Å². The molecule has 0 fully saturated rings. The first-order chi connectivity index (χ1) is 15.0. The number of amides is 1. The molecule has 0 bridgehead atoms. The predicted molar refractivity (Wildman–Crippen MR) is 117 cm³/mol. The number of benzene rings is 2. The Morgan fingerprint density at radius 3 is 2.61 bits per heavy atom. The second kappa shape index (κ2) is 8.88. The molecule has 0 aliphatic heterocycles. The molecule has 0 radical (unpaired) electrons. The van der Waals surface area contributed by atoms with Crippen LogP contribution in [0.25, 0.3) is 17.3 Å². The third-order valence-corrected chi connectivity index (χ3v) is 5.32. The molecule has 1 amide bonds. The maximum Gasteiger partial charge on any atom is 0.335 e. The fraction of sp³-hybridized carbons (Fsp3) is 0.0909. The van der Waals surface area contributed by atoms with Gasteiger partial charge in [0, 0.05) is 11.4 Å². The SMILES string of the molecule is Cc1ccc(-n2c(SCC(=O)Nc3cccc(C(=O)O)c3)nnc2-c2ccco2)cc1. The molecule has 31 heavy (non-hydrogen) atoms. The zero-order valence-corrected chi connectivity index (χ0v) is 17.3. The highest BCUT2D eigenvalue weighted by Gasteiger charge is 2.19. The van der Waals surface area contributed by atoms with Gasteiger partial charge in [0.05, 0.1) is 17.6 Å². The number of carboxylic acids is 1. The molecule has 2 heterocycles. The van der Waals surface area contributed by atoms with E-state index in [1.807, 2.05) is 35.8 Å². The van der Waals surface area contributed by atoms with E-state index in [2.05, 4.69) is 15.5 Å². The minimum Gasteiger partial charge on any atom is -0.478 e. The van der Waals surface area contributed by atoms with Gasteiger partial charge < -0.3 is 14.8 Å². The van der Waals surface area contributed by atoms with E-state index in [4.69, 9.17) is 9.52 Å². The predicted octanol–water partition coefficient (Wildman–Crippen LogP) is 4.26. The molecule has 0 aliphatic rings. The number of rotatable bonds is 7. The maximum atomic E-state index is 12.4. The van der Waals surface area contributed by atoms with Crippen LogP contribution in [-0.4, -0.2) is 37.5 Å². The van der Waals surface area contributed by atoms with Crippen LogP contribution in [0.5, 0.6) is 0 Å². The van der Waals surface area contributed by atoms with E-state index in [0.29, 0.717) is 22.4 Å². The highest BCUT2D eigenvalue weighted by Crippen LogP contribution is 2.28. The summed E-state index contributed by atoms with van der Waals surface area (Å²) < 4.78 is 7.33. The highest BCUT2D eigenvalue weighted by atomic mass is 32.2. The average Bonchev–Trinajstić information content (AvgIpc) is 3.43. The first-order valence-electron chi connectivity index (χ1n) is 9.33. The van der Waals surface area contributed by atoms with Crippen molar-refractivity contribution in [1.29, 1.82) is 0 Å². The van der Waals surface area contributed by atoms with Crippen molar-refractivity contribution < 1.29 is 19.1 Å². The van der Waals surface area contributed by atoms with Crippen LogP contribution in [-0.2, 0) is 4.79 Å². The van der Waals surface area contributed by atoms with Crippen LogP contribution in [0.15, 0.2) is 76.5 Å². The Kier molecular flexibility index (Phi) is 5.85. The molecular weight excluding hydrogens is 416 g/mol. The smallest absolute Gasteiger partial charge is 0.335 e. The van der Waals surface area contributed by atoms with Crippen molar-refractivity contribution in [2.75, 3.05) is 11.1 Å². The number of aryl methyl sites for hydroxylation is 1. The molecule has 9 heteroatoms. The number of nitrogens with zero attached hydrogens (tertiary/aromatic N) is 3. The van der Waals surface area contributed by atoms with Crippen molar-refractivity contribution in [3.05, 3.63) is 78.1 Å². The minimum atomic E-state index is -1.05. The lowest BCUT2D eigenvalue weighted by Crippen LogP contribution is -2.15. The van der Waals surface area contributed by atoms with Gasteiger partial charge in [-0.05, 0) is 49.4 Å². The normalized spacial score (nSPS) is 10.7. The van der Waals surface area contributed by atoms with Crippen molar-refractivity contribution in [2.24, 2.45) is 0 Å². The van der Waals surface area contributed by atoms with Gasteiger partial charge in [-0.25, -0.2) is 4.79 Å². The highest BCUT2D eigenvalue weighted by molar-refractivity contribution is 7.99. The Balaban J connectivity index is 1.54. The van der Waals surface area contributed by atoms with E-state index in [1.54, 1.807) is 30.5 Å². The van der Waals surface area contributed by atoms with Gasteiger partial charge in [0.1, 0.15) is 0 Å². The van der Waals surface area contributed by atoms with Gasteiger partial charge in [0.2, 0.25) is 11.7 Å². The first-order valence-corrected chi connectivity index (χ1v) is 10.3. The second-order valence-corrected chi connectivity index (χ2v) is 7.62. The summed E-state index contributed by atoms with van der Waals surface area (Å²) in [7, 11) is 0. The van der Waals surface area contributed by atoms with Crippen LogP contribution in [0.1, 0.15) is 15.9 Å². The van der Waals surface area contributed by atoms with Gasteiger partial charge in [0.15, 0.2) is 10.9 Å². The molecule has 0 unspecified atom stereocenters. The van der Waals surface area contributed by atoms with Gasteiger partial charge in [-0.3, -0.25) is 9.36 Å². The summed E-state index contributed by atoms with van der Waals surface area (Å²) in [5.41, 5.74) is 2.49. The monoisotopic (exact) mass is 434 g/mol. The van der Waals surface area contributed by atoms with Crippen molar-refractivity contribution in [1.82, 2.24) is 14.8 Å². The zero-order chi connectivity index (χ0) is 21.8. The van der Waals surface area contributed by atoms with Crippen LogP contribution in [0, 0.1) is 6.92 Å². The number of aromatic carboxylic acids is 1. The van der Waals surface area contributed by atoms with Gasteiger partial charge >= 0.3 is 5.97 Å². The Morgan fingerprint density at radius 2 is 1.90 bits per heavy atom. The number of anilines is 1. The molecule has 2 aromatic carbocycles. The number of aromatic nitrogens is 3. The second-order valence-electron chi connectivity index (χ2n) is 6.68. The van der Waals surface area contributed by atoms with E-state index in [0.717, 1.165) is 11.3 Å². The van der Waals surface area contributed by atoms with E-state index >= 15 is 0 Å². The summed E-state index contributed by atoms with van der Waals surface area (Å²) in [6.45, 7) is 2.00. The van der Waals surface area contributed by atoms with Crippen molar-refractivity contribution in [3.8, 4) is 17.3 Å². The summed E-state index contributed by atoms with van der Waals surface area (Å²) in [6.07, 6.45) is 1.56. The van der Waals surface area contributed by atoms with Crippen LogP contribution in [0.3, 0.4) is 0 Å². The standard InChI is InChI=1S/C22H18N4O4S/c1-14-7-9-17(10-8-14)26-20(18-6-3-11-30-18)24-25-22(26)31-13-19(27)23-16-5-2-4-15(12-16)21(28)29/h2-12H,13H2,1H3,(H,23,27)(H,28,29). The summed E-state index contributed by atoms with van der Waals surface area (Å²) in [4.78, 5) is 23.5. The number of thioether (sulfide) groups is 1. The molecule has 0 saturated carbocycles. The topological polar surface area (TPSA) is 110 Å². The molecule has 2 N–H and O–H groups in total. The fourth-order valence-electron chi connectivity index (χ4n) is 2.91. The Morgan fingerprint density at radius 1 is 1.10 bits per heavy atom. The number of nitrogens with one attached hydrogen (secondary N) is 1. The lowest BCUT2D eigenvalue weighted by atomic mass is 10.2. The largest absolute Gasteiger partial charge is 0.478 e. The lowest BCUT2D eigenvalue weighted by Gasteiger charge is -2.10. The molecule has 0 atom stereocenters. The number of carbonyl (C=O) groups excluding carboxylic acids is 1. The third kappa shape index (κ3) is 4.67. The van der Waals surface area contributed by atoms with Crippen LogP contribution < -0.4 is 5.32 Å². The number of carbonyl (C=O) groups is 2. The molecule has 156 valence electrons. The number of hydrogen-bond acceptors (Lipinski definition) is 6. The van der Waals surface area contributed by atoms with Crippen molar-refractivity contribution >= 4 is 29.3 Å². The number of furan rings is 1. The first kappa shape index (κ1) is 20.4. The minimum absolute atomic E-state index is 0.0689. The van der Waals surface area contributed by atoms with Gasteiger partial charge in [-0.15, -0.1) is 10.2 Å². The molecule has 2 aromatic heterocycles. The van der Waals surface area contributed by atoms with Crippen LogP contribution >= 0.6 is 11.8 Å². The van der Waals surface area contributed by atoms with Crippen molar-refractivity contribution in [3.63, 3.8) is 0 Å². The number of hydrogen-bond donors (Lipinski definition) is 2. The molecule has 0 aliphatic carbocycles. The number of carboxylic acid groups (broad SMARTS) is 1. The summed E-state index contributed by atoms with van der Waals surface area (Å²) in [5, 5.41) is 20.8. The molecule has 0 saturated heterocycles.